The minimum absolute atomic E-state index is 0.609. The average Bonchev–Trinajstić information content (AvgIpc) is 2.44. The summed E-state index contributed by atoms with van der Waals surface area (Å²) in [5.74, 6) is 1.56. The molecule has 0 aromatic heterocycles. The molecule has 0 aromatic carbocycles. The Morgan fingerprint density at radius 3 is 2.57 bits per heavy atom. The van der Waals surface area contributed by atoms with E-state index in [2.05, 4.69) is 16.6 Å². The van der Waals surface area contributed by atoms with E-state index in [-0.39, 0.29) is 0 Å². The molecule has 0 aliphatic carbocycles. The van der Waals surface area contributed by atoms with Gasteiger partial charge < -0.3 is 20.3 Å². The molecule has 0 rings (SSSR count). The summed E-state index contributed by atoms with van der Waals surface area (Å²) in [6, 6.07) is 0. The van der Waals surface area contributed by atoms with Gasteiger partial charge in [-0.3, -0.25) is 0 Å². The highest BCUT2D eigenvalue weighted by Crippen LogP contribution is 2.05. The predicted molar refractivity (Wildman–Crippen MR) is 90.2 cm³/mol. The summed E-state index contributed by atoms with van der Waals surface area (Å²) in [5.41, 5.74) is 0. The molecule has 6 nitrogen and oxygen atoms in total. The first kappa shape index (κ1) is 19.1. The molecule has 1 atom stereocenters. The van der Waals surface area contributed by atoms with Crippen LogP contribution in [0.5, 0.6) is 0 Å². The zero-order valence-corrected chi connectivity index (χ0v) is 13.5. The molecule has 0 heterocycles. The SMILES string of the molecule is C=CN=C(C)N(C)CCN(CC)C(=C/C=N)/N=C/C(C)O. The number of hydrogen-bond donors (Lipinski definition) is 2. The van der Waals surface area contributed by atoms with Gasteiger partial charge in [0.25, 0.3) is 0 Å². The maximum atomic E-state index is 9.29. The molecule has 0 aromatic rings. The largest absolute Gasteiger partial charge is 0.388 e. The predicted octanol–water partition coefficient (Wildman–Crippen LogP) is 1.74. The van der Waals surface area contributed by atoms with E-state index in [9.17, 15) is 5.11 Å². The molecule has 0 amide bonds. The van der Waals surface area contributed by atoms with Crippen LogP contribution in [-0.4, -0.2) is 66.0 Å². The molecule has 118 valence electrons. The second kappa shape index (κ2) is 10.8. The molecule has 0 fully saturated rings. The molecule has 0 saturated carbocycles. The minimum Gasteiger partial charge on any atom is -0.388 e. The van der Waals surface area contributed by atoms with E-state index in [1.54, 1.807) is 13.0 Å². The molecule has 0 saturated heterocycles. The highest BCUT2D eigenvalue weighted by molar-refractivity contribution is 5.79. The van der Waals surface area contributed by atoms with Gasteiger partial charge in [0.1, 0.15) is 11.7 Å². The number of likely N-dealkylation sites (N-methyl/N-ethyl adjacent to an activating group) is 2. The smallest absolute Gasteiger partial charge is 0.129 e. The number of nitrogens with zero attached hydrogens (tertiary/aromatic N) is 4. The Bertz CT molecular complexity index is 412. The lowest BCUT2D eigenvalue weighted by Gasteiger charge is -2.27. The lowest BCUT2D eigenvalue weighted by Crippen LogP contribution is -2.34. The first-order valence-corrected chi connectivity index (χ1v) is 7.00. The highest BCUT2D eigenvalue weighted by atomic mass is 16.3. The fraction of sp³-hybridized carbons (Fsp3) is 0.533. The van der Waals surface area contributed by atoms with Crippen molar-refractivity contribution >= 4 is 18.3 Å². The molecule has 0 radical (unpaired) electrons. The Kier molecular flexibility index (Phi) is 9.79. The van der Waals surface area contributed by atoms with Crippen molar-refractivity contribution in [1.29, 1.82) is 5.41 Å². The molecular weight excluding hydrogens is 266 g/mol. The van der Waals surface area contributed by atoms with Crippen LogP contribution in [-0.2, 0) is 0 Å². The third kappa shape index (κ3) is 8.04. The van der Waals surface area contributed by atoms with Crippen molar-refractivity contribution in [3.63, 3.8) is 0 Å². The normalized spacial score (nSPS) is 14.1. The Balaban J connectivity index is 4.80. The summed E-state index contributed by atoms with van der Waals surface area (Å²) in [5, 5.41) is 16.5. The molecule has 21 heavy (non-hydrogen) atoms. The van der Waals surface area contributed by atoms with E-state index in [1.165, 1.54) is 18.6 Å². The molecule has 0 aliphatic rings. The van der Waals surface area contributed by atoms with Crippen LogP contribution in [0.3, 0.4) is 0 Å². The van der Waals surface area contributed by atoms with Crippen molar-refractivity contribution < 1.29 is 5.11 Å². The molecule has 0 spiro atoms. The van der Waals surface area contributed by atoms with Crippen LogP contribution in [0.25, 0.3) is 0 Å². The molecule has 0 aliphatic heterocycles. The van der Waals surface area contributed by atoms with Gasteiger partial charge in [0.15, 0.2) is 0 Å². The third-order valence-corrected chi connectivity index (χ3v) is 2.90. The van der Waals surface area contributed by atoms with Gasteiger partial charge in [-0.05, 0) is 26.8 Å². The number of aliphatic imine (C=N–C) groups is 2. The Labute approximate surface area is 127 Å². The molecule has 1 unspecified atom stereocenters. The fourth-order valence-corrected chi connectivity index (χ4v) is 1.59. The first-order valence-electron chi connectivity index (χ1n) is 7.00. The van der Waals surface area contributed by atoms with Gasteiger partial charge in [-0.25, -0.2) is 9.98 Å². The maximum absolute atomic E-state index is 9.29. The van der Waals surface area contributed by atoms with Crippen molar-refractivity contribution in [2.45, 2.75) is 26.9 Å². The van der Waals surface area contributed by atoms with Crippen LogP contribution in [0.4, 0.5) is 0 Å². The van der Waals surface area contributed by atoms with Crippen molar-refractivity contribution in [1.82, 2.24) is 9.80 Å². The highest BCUT2D eigenvalue weighted by Gasteiger charge is 2.08. The monoisotopic (exact) mass is 293 g/mol. The second-order valence-electron chi connectivity index (χ2n) is 4.57. The second-order valence-corrected chi connectivity index (χ2v) is 4.57. The average molecular weight is 293 g/mol. The molecule has 2 N–H and O–H groups in total. The summed E-state index contributed by atoms with van der Waals surface area (Å²) in [7, 11) is 1.97. The van der Waals surface area contributed by atoms with Crippen LogP contribution in [0.15, 0.2) is 34.7 Å². The number of hydrogen-bond acceptors (Lipinski definition) is 5. The zero-order valence-electron chi connectivity index (χ0n) is 13.5. The van der Waals surface area contributed by atoms with E-state index in [0.29, 0.717) is 5.82 Å². The van der Waals surface area contributed by atoms with Gasteiger partial charge in [0, 0.05) is 45.3 Å². The standard InChI is InChI=1S/C15H27N5O/c1-6-17-14(4)19(5)10-11-20(7-2)15(8-9-16)18-12-13(3)21/h6,8-9,12-13,16,21H,1,7,10-11H2,2-5H3/b15-8+,16-9?,17-14?,18-12+. The lowest BCUT2D eigenvalue weighted by atomic mass is 10.4. The van der Waals surface area contributed by atoms with Crippen LogP contribution < -0.4 is 0 Å². The summed E-state index contributed by atoms with van der Waals surface area (Å²) < 4.78 is 0. The first-order chi connectivity index (χ1) is 9.96. The van der Waals surface area contributed by atoms with Crippen molar-refractivity contribution in [3.05, 3.63) is 24.7 Å². The summed E-state index contributed by atoms with van der Waals surface area (Å²) in [6.45, 7) is 11.5. The maximum Gasteiger partial charge on any atom is 0.129 e. The topological polar surface area (TPSA) is 75.3 Å². The minimum atomic E-state index is -0.609. The fourth-order valence-electron chi connectivity index (χ4n) is 1.59. The number of rotatable bonds is 9. The Morgan fingerprint density at radius 2 is 2.10 bits per heavy atom. The molecular formula is C15H27N5O. The van der Waals surface area contributed by atoms with Gasteiger partial charge in [0.2, 0.25) is 0 Å². The van der Waals surface area contributed by atoms with Crippen LogP contribution in [0, 0.1) is 5.41 Å². The van der Waals surface area contributed by atoms with E-state index < -0.39 is 6.10 Å². The number of allylic oxidation sites excluding steroid dienone is 1. The number of aliphatic hydroxyl groups is 1. The van der Waals surface area contributed by atoms with Crippen LogP contribution in [0.1, 0.15) is 20.8 Å². The van der Waals surface area contributed by atoms with Gasteiger partial charge in [0.05, 0.1) is 6.10 Å². The van der Waals surface area contributed by atoms with Crippen LogP contribution >= 0.6 is 0 Å². The van der Waals surface area contributed by atoms with E-state index in [0.717, 1.165) is 25.5 Å². The van der Waals surface area contributed by atoms with Crippen molar-refractivity contribution in [2.75, 3.05) is 26.7 Å². The summed E-state index contributed by atoms with van der Waals surface area (Å²) in [4.78, 5) is 12.5. The number of aliphatic hydroxyl groups excluding tert-OH is 1. The van der Waals surface area contributed by atoms with Crippen molar-refractivity contribution in [2.24, 2.45) is 9.98 Å². The third-order valence-electron chi connectivity index (χ3n) is 2.90. The quantitative estimate of drug-likeness (QED) is 0.502. The molecule has 6 heteroatoms. The van der Waals surface area contributed by atoms with Gasteiger partial charge in [-0.2, -0.15) is 0 Å². The van der Waals surface area contributed by atoms with E-state index >= 15 is 0 Å². The van der Waals surface area contributed by atoms with E-state index in [1.807, 2.05) is 30.7 Å². The van der Waals surface area contributed by atoms with Gasteiger partial charge in [-0.15, -0.1) is 0 Å². The summed E-state index contributed by atoms with van der Waals surface area (Å²) in [6.07, 6.45) is 5.20. The van der Waals surface area contributed by atoms with Gasteiger partial charge >= 0.3 is 0 Å². The van der Waals surface area contributed by atoms with Crippen LogP contribution in [0.2, 0.25) is 0 Å². The summed E-state index contributed by atoms with van der Waals surface area (Å²) >= 11 is 0. The number of nitrogens with one attached hydrogen (secondary N) is 1. The van der Waals surface area contributed by atoms with E-state index in [4.69, 9.17) is 5.41 Å². The zero-order chi connectivity index (χ0) is 16.3. The van der Waals surface area contributed by atoms with Gasteiger partial charge in [-0.1, -0.05) is 6.58 Å². The Hall–Kier alpha value is -1.95. The number of amidine groups is 1. The Morgan fingerprint density at radius 1 is 1.43 bits per heavy atom. The van der Waals surface area contributed by atoms with Crippen molar-refractivity contribution in [3.8, 4) is 0 Å². The lowest BCUT2D eigenvalue weighted by molar-refractivity contribution is 0.266. The molecule has 0 bridgehead atoms.